The second-order valence-electron chi connectivity index (χ2n) is 5.48. The monoisotopic (exact) mass is 426 g/mol. The summed E-state index contributed by atoms with van der Waals surface area (Å²) in [6.45, 7) is 1.31. The van der Waals surface area contributed by atoms with Crippen molar-refractivity contribution >= 4 is 56.6 Å². The van der Waals surface area contributed by atoms with E-state index in [0.29, 0.717) is 14.8 Å². The maximum atomic E-state index is 12.8. The van der Waals surface area contributed by atoms with Gasteiger partial charge in [-0.3, -0.25) is 14.5 Å². The maximum Gasteiger partial charge on any atom is 0.325 e. The Morgan fingerprint density at radius 3 is 2.71 bits per heavy atom. The van der Waals surface area contributed by atoms with Crippen LogP contribution in [0.1, 0.15) is 22.2 Å². The molecule has 1 fully saturated rings. The molecule has 2 heterocycles. The molecule has 1 N–H and O–H groups in total. The smallest absolute Gasteiger partial charge is 0.319 e. The van der Waals surface area contributed by atoms with Crippen LogP contribution in [0.3, 0.4) is 0 Å². The molecule has 124 valence electrons. The number of rotatable bonds is 4. The highest BCUT2D eigenvalue weighted by Crippen LogP contribution is 2.31. The fraction of sp³-hybridized carbons (Fsp3) is 0.188. The number of benzene rings is 1. The van der Waals surface area contributed by atoms with Crippen molar-refractivity contribution in [2.24, 2.45) is 0 Å². The number of imide groups is 1. The molecule has 1 saturated heterocycles. The molecule has 2 aromatic rings. The second kappa shape index (κ2) is 6.31. The molecule has 1 aromatic heterocycles. The SMILES string of the molecule is CC1(c2cccc(Br)c2)NC(=O)N(CC(=O)c2ccc(Cl)s2)C1=O. The topological polar surface area (TPSA) is 66.5 Å². The van der Waals surface area contributed by atoms with Gasteiger partial charge in [-0.05, 0) is 36.8 Å². The number of amides is 3. The van der Waals surface area contributed by atoms with E-state index in [1.54, 1.807) is 37.3 Å². The number of thiophene rings is 1. The van der Waals surface area contributed by atoms with Crippen LogP contribution in [0, 0.1) is 0 Å². The molecule has 1 atom stereocenters. The molecule has 24 heavy (non-hydrogen) atoms. The van der Waals surface area contributed by atoms with Gasteiger partial charge in [-0.1, -0.05) is 39.7 Å². The fourth-order valence-corrected chi connectivity index (χ4v) is 3.89. The quantitative estimate of drug-likeness (QED) is 0.596. The van der Waals surface area contributed by atoms with E-state index < -0.39 is 17.5 Å². The molecule has 0 bridgehead atoms. The molecule has 3 rings (SSSR count). The minimum Gasteiger partial charge on any atom is -0.319 e. The van der Waals surface area contributed by atoms with Gasteiger partial charge in [0.05, 0.1) is 15.8 Å². The lowest BCUT2D eigenvalue weighted by Crippen LogP contribution is -2.41. The van der Waals surface area contributed by atoms with Gasteiger partial charge in [0.25, 0.3) is 5.91 Å². The van der Waals surface area contributed by atoms with Crippen LogP contribution in [-0.2, 0) is 10.3 Å². The molecule has 1 aliphatic heterocycles. The number of hydrogen-bond acceptors (Lipinski definition) is 4. The van der Waals surface area contributed by atoms with Crippen molar-refractivity contribution in [2.75, 3.05) is 6.54 Å². The van der Waals surface area contributed by atoms with E-state index in [2.05, 4.69) is 21.2 Å². The van der Waals surface area contributed by atoms with E-state index in [-0.39, 0.29) is 12.3 Å². The van der Waals surface area contributed by atoms with Crippen LogP contribution in [-0.4, -0.2) is 29.2 Å². The summed E-state index contributed by atoms with van der Waals surface area (Å²) in [6, 6.07) is 9.74. The van der Waals surface area contributed by atoms with Crippen molar-refractivity contribution in [3.63, 3.8) is 0 Å². The highest BCUT2D eigenvalue weighted by Gasteiger charge is 2.49. The summed E-state index contributed by atoms with van der Waals surface area (Å²) < 4.78 is 1.28. The number of carbonyl (C=O) groups is 3. The zero-order valence-electron chi connectivity index (χ0n) is 12.5. The van der Waals surface area contributed by atoms with Crippen molar-refractivity contribution in [1.29, 1.82) is 0 Å². The van der Waals surface area contributed by atoms with Gasteiger partial charge < -0.3 is 5.32 Å². The molecule has 0 aliphatic carbocycles. The standard InChI is InChI=1S/C16H12BrClN2O3S/c1-16(9-3-2-4-10(17)7-9)14(22)20(15(23)19-16)8-11(21)12-5-6-13(18)24-12/h2-7H,8H2,1H3,(H,19,23). The van der Waals surface area contributed by atoms with Gasteiger partial charge >= 0.3 is 6.03 Å². The van der Waals surface area contributed by atoms with Crippen molar-refractivity contribution in [1.82, 2.24) is 10.2 Å². The zero-order valence-corrected chi connectivity index (χ0v) is 15.7. The van der Waals surface area contributed by atoms with E-state index in [0.717, 1.165) is 20.7 Å². The van der Waals surface area contributed by atoms with E-state index in [4.69, 9.17) is 11.6 Å². The third kappa shape index (κ3) is 2.99. The van der Waals surface area contributed by atoms with Crippen LogP contribution in [0.15, 0.2) is 40.9 Å². The van der Waals surface area contributed by atoms with Gasteiger partial charge in [0.2, 0.25) is 0 Å². The molecule has 3 amide bonds. The van der Waals surface area contributed by atoms with Gasteiger partial charge in [-0.2, -0.15) is 0 Å². The molecular formula is C16H12BrClN2O3S. The highest BCUT2D eigenvalue weighted by atomic mass is 79.9. The Balaban J connectivity index is 1.85. The summed E-state index contributed by atoms with van der Waals surface area (Å²) in [7, 11) is 0. The lowest BCUT2D eigenvalue weighted by Gasteiger charge is -2.22. The third-order valence-corrected chi connectivity index (χ3v) is 5.59. The van der Waals surface area contributed by atoms with E-state index in [9.17, 15) is 14.4 Å². The number of carbonyl (C=O) groups excluding carboxylic acids is 3. The van der Waals surface area contributed by atoms with Gasteiger partial charge in [0.1, 0.15) is 5.54 Å². The molecule has 0 saturated carbocycles. The van der Waals surface area contributed by atoms with Gasteiger partial charge in [0.15, 0.2) is 5.78 Å². The largest absolute Gasteiger partial charge is 0.325 e. The van der Waals surface area contributed by atoms with Crippen LogP contribution in [0.5, 0.6) is 0 Å². The first-order valence-corrected chi connectivity index (χ1v) is 8.99. The minimum atomic E-state index is -1.20. The predicted molar refractivity (Wildman–Crippen MR) is 95.4 cm³/mol. The Labute approximate surface area is 155 Å². The molecule has 1 aliphatic rings. The average Bonchev–Trinajstić information content (AvgIpc) is 3.05. The summed E-state index contributed by atoms with van der Waals surface area (Å²) >= 11 is 10.3. The summed E-state index contributed by atoms with van der Waals surface area (Å²) in [5.74, 6) is -0.782. The Kier molecular flexibility index (Phi) is 4.50. The minimum absolute atomic E-state index is 0.314. The molecule has 0 spiro atoms. The number of nitrogens with zero attached hydrogens (tertiary/aromatic N) is 1. The first kappa shape index (κ1) is 17.1. The zero-order chi connectivity index (χ0) is 17.5. The van der Waals surface area contributed by atoms with Crippen LogP contribution < -0.4 is 5.32 Å². The average molecular weight is 428 g/mol. The first-order valence-electron chi connectivity index (χ1n) is 7.00. The van der Waals surface area contributed by atoms with E-state index in [1.807, 2.05) is 6.07 Å². The van der Waals surface area contributed by atoms with Crippen molar-refractivity contribution in [2.45, 2.75) is 12.5 Å². The van der Waals surface area contributed by atoms with Crippen molar-refractivity contribution in [3.05, 3.63) is 55.6 Å². The summed E-state index contributed by atoms with van der Waals surface area (Å²) in [4.78, 5) is 38.6. The molecule has 1 unspecified atom stereocenters. The van der Waals surface area contributed by atoms with E-state index in [1.165, 1.54) is 0 Å². The number of halogens is 2. The number of nitrogens with one attached hydrogen (secondary N) is 1. The summed E-state index contributed by atoms with van der Waals surface area (Å²) in [6.07, 6.45) is 0. The van der Waals surface area contributed by atoms with Crippen molar-refractivity contribution < 1.29 is 14.4 Å². The Morgan fingerprint density at radius 2 is 2.08 bits per heavy atom. The fourth-order valence-electron chi connectivity index (χ4n) is 2.52. The van der Waals surface area contributed by atoms with Crippen LogP contribution in [0.2, 0.25) is 4.34 Å². The van der Waals surface area contributed by atoms with E-state index >= 15 is 0 Å². The van der Waals surface area contributed by atoms with Gasteiger partial charge in [-0.25, -0.2) is 4.79 Å². The van der Waals surface area contributed by atoms with Crippen molar-refractivity contribution in [3.8, 4) is 0 Å². The second-order valence-corrected chi connectivity index (χ2v) is 8.11. The first-order chi connectivity index (χ1) is 11.3. The third-order valence-electron chi connectivity index (χ3n) is 3.83. The molecular weight excluding hydrogens is 416 g/mol. The highest BCUT2D eigenvalue weighted by molar-refractivity contribution is 9.10. The maximum absolute atomic E-state index is 12.8. The van der Waals surface area contributed by atoms with Gasteiger partial charge in [-0.15, -0.1) is 11.3 Å². The summed E-state index contributed by atoms with van der Waals surface area (Å²) in [5.41, 5.74) is -0.557. The number of urea groups is 1. The number of ketones is 1. The lowest BCUT2D eigenvalue weighted by molar-refractivity contribution is -0.130. The van der Waals surface area contributed by atoms with Crippen LogP contribution in [0.25, 0.3) is 0 Å². The van der Waals surface area contributed by atoms with Gasteiger partial charge in [0, 0.05) is 4.47 Å². The normalized spacial score (nSPS) is 20.4. The predicted octanol–water partition coefficient (Wildman–Crippen LogP) is 3.81. The Hall–Kier alpha value is -1.70. The molecule has 0 radical (unpaired) electrons. The molecule has 8 heteroatoms. The van der Waals surface area contributed by atoms with Crippen LogP contribution >= 0.6 is 38.9 Å². The summed E-state index contributed by atoms with van der Waals surface area (Å²) in [5, 5.41) is 2.68. The number of Topliss-reactive ketones (excluding diaryl/α,β-unsaturated/α-hetero) is 1. The van der Waals surface area contributed by atoms with Crippen LogP contribution in [0.4, 0.5) is 4.79 Å². The number of hydrogen-bond donors (Lipinski definition) is 1. The molecule has 1 aromatic carbocycles. The Morgan fingerprint density at radius 1 is 1.33 bits per heavy atom. The molecule has 5 nitrogen and oxygen atoms in total. The lowest BCUT2D eigenvalue weighted by atomic mass is 9.92. The Bertz CT molecular complexity index is 853.